The number of benzene rings is 1. The van der Waals surface area contributed by atoms with Crippen LogP contribution in [0.25, 0.3) is 0 Å². The monoisotopic (exact) mass is 305 g/mol. The Kier molecular flexibility index (Phi) is 8.22. The van der Waals surface area contributed by atoms with Crippen LogP contribution in [-0.2, 0) is 9.59 Å². The van der Waals surface area contributed by atoms with E-state index in [2.05, 4.69) is 22.5 Å². The van der Waals surface area contributed by atoms with Crippen LogP contribution >= 0.6 is 0 Å². The second kappa shape index (κ2) is 9.95. The number of nitrogens with zero attached hydrogens (tertiary/aromatic N) is 1. The number of amides is 2. The smallest absolute Gasteiger partial charge is 0.246 e. The van der Waals surface area contributed by atoms with Gasteiger partial charge in [-0.25, -0.2) is 0 Å². The molecule has 0 radical (unpaired) electrons. The molecule has 0 saturated carbocycles. The highest BCUT2D eigenvalue weighted by atomic mass is 16.2. The van der Waals surface area contributed by atoms with Crippen LogP contribution in [-0.4, -0.2) is 43.4 Å². The number of nitrogens with one attached hydrogen (secondary N) is 2. The van der Waals surface area contributed by atoms with Crippen molar-refractivity contribution in [2.45, 2.75) is 32.7 Å². The van der Waals surface area contributed by atoms with Crippen LogP contribution in [0.1, 0.15) is 38.3 Å². The minimum absolute atomic E-state index is 0.129. The predicted octanol–water partition coefficient (Wildman–Crippen LogP) is 1.71. The molecule has 0 aliphatic heterocycles. The van der Waals surface area contributed by atoms with Gasteiger partial charge in [-0.2, -0.15) is 0 Å². The fourth-order valence-electron chi connectivity index (χ4n) is 2.23. The van der Waals surface area contributed by atoms with Crippen molar-refractivity contribution in [2.75, 3.05) is 26.7 Å². The molecule has 1 atom stereocenters. The molecule has 2 amide bonds. The first-order chi connectivity index (χ1) is 10.6. The summed E-state index contributed by atoms with van der Waals surface area (Å²) in [6.45, 7) is 6.21. The third-order valence-corrected chi connectivity index (χ3v) is 3.59. The molecule has 5 nitrogen and oxygen atoms in total. The normalized spacial score (nSPS) is 12.0. The van der Waals surface area contributed by atoms with Crippen molar-refractivity contribution in [3.8, 4) is 0 Å². The van der Waals surface area contributed by atoms with Crippen LogP contribution in [0.3, 0.4) is 0 Å². The van der Waals surface area contributed by atoms with Crippen LogP contribution in [0.15, 0.2) is 30.3 Å². The van der Waals surface area contributed by atoms with Gasteiger partial charge in [0.1, 0.15) is 6.04 Å². The van der Waals surface area contributed by atoms with E-state index in [4.69, 9.17) is 0 Å². The van der Waals surface area contributed by atoms with Crippen LogP contribution < -0.4 is 10.6 Å². The Morgan fingerprint density at radius 1 is 1.18 bits per heavy atom. The van der Waals surface area contributed by atoms with E-state index >= 15 is 0 Å². The van der Waals surface area contributed by atoms with Gasteiger partial charge in [0.2, 0.25) is 11.8 Å². The molecule has 0 spiro atoms. The van der Waals surface area contributed by atoms with E-state index in [1.807, 2.05) is 37.3 Å². The van der Waals surface area contributed by atoms with E-state index in [0.29, 0.717) is 6.54 Å². The highest BCUT2D eigenvalue weighted by Gasteiger charge is 2.22. The molecule has 0 saturated heterocycles. The standard InChI is InChI=1S/C17H27N3O2/c1-4-6-12-20(5-2)13-15(21)19-16(17(22)18-3)14-10-8-7-9-11-14/h7-11,16H,4-6,12-13H2,1-3H3,(H,18,22)(H,19,21). The summed E-state index contributed by atoms with van der Waals surface area (Å²) in [4.78, 5) is 26.4. The zero-order valence-electron chi connectivity index (χ0n) is 13.8. The summed E-state index contributed by atoms with van der Waals surface area (Å²) in [5.74, 6) is -0.341. The van der Waals surface area contributed by atoms with E-state index in [0.717, 1.165) is 31.5 Å². The zero-order valence-corrected chi connectivity index (χ0v) is 13.8. The van der Waals surface area contributed by atoms with Crippen LogP contribution in [0, 0.1) is 0 Å². The largest absolute Gasteiger partial charge is 0.357 e. The summed E-state index contributed by atoms with van der Waals surface area (Å²) in [5, 5.41) is 5.44. The van der Waals surface area contributed by atoms with E-state index in [1.165, 1.54) is 0 Å². The number of carbonyl (C=O) groups is 2. The first-order valence-corrected chi connectivity index (χ1v) is 7.90. The Labute approximate surface area is 133 Å². The summed E-state index contributed by atoms with van der Waals surface area (Å²) >= 11 is 0. The molecule has 0 aliphatic rings. The molecule has 2 N–H and O–H groups in total. The topological polar surface area (TPSA) is 61.4 Å². The molecular weight excluding hydrogens is 278 g/mol. The van der Waals surface area contributed by atoms with Gasteiger partial charge in [0.05, 0.1) is 6.54 Å². The lowest BCUT2D eigenvalue weighted by atomic mass is 10.1. The fourth-order valence-corrected chi connectivity index (χ4v) is 2.23. The number of carbonyl (C=O) groups excluding carboxylic acids is 2. The zero-order chi connectivity index (χ0) is 16.4. The minimum atomic E-state index is -0.649. The summed E-state index contributed by atoms with van der Waals surface area (Å²) < 4.78 is 0. The Hall–Kier alpha value is -1.88. The lowest BCUT2D eigenvalue weighted by Crippen LogP contribution is -2.43. The predicted molar refractivity (Wildman–Crippen MR) is 88.4 cm³/mol. The van der Waals surface area contributed by atoms with Crippen molar-refractivity contribution >= 4 is 11.8 Å². The van der Waals surface area contributed by atoms with Crippen molar-refractivity contribution in [1.82, 2.24) is 15.5 Å². The summed E-state index contributed by atoms with van der Waals surface area (Å²) in [5.41, 5.74) is 0.784. The average molecular weight is 305 g/mol. The third kappa shape index (κ3) is 5.85. The van der Waals surface area contributed by atoms with Gasteiger partial charge >= 0.3 is 0 Å². The van der Waals surface area contributed by atoms with Crippen molar-refractivity contribution in [3.63, 3.8) is 0 Å². The molecule has 1 unspecified atom stereocenters. The van der Waals surface area contributed by atoms with Gasteiger partial charge in [-0.05, 0) is 25.1 Å². The molecular formula is C17H27N3O2. The number of likely N-dealkylation sites (N-methyl/N-ethyl adjacent to an activating group) is 2. The van der Waals surface area contributed by atoms with Gasteiger partial charge in [-0.15, -0.1) is 0 Å². The van der Waals surface area contributed by atoms with Crippen LogP contribution in [0.4, 0.5) is 0 Å². The fraction of sp³-hybridized carbons (Fsp3) is 0.529. The molecule has 0 aromatic heterocycles. The lowest BCUT2D eigenvalue weighted by molar-refractivity contribution is -0.129. The van der Waals surface area contributed by atoms with Crippen molar-refractivity contribution in [3.05, 3.63) is 35.9 Å². The maximum Gasteiger partial charge on any atom is 0.246 e. The Bertz CT molecular complexity index is 462. The first kappa shape index (κ1) is 18.2. The van der Waals surface area contributed by atoms with Crippen LogP contribution in [0.5, 0.6) is 0 Å². The van der Waals surface area contributed by atoms with Gasteiger partial charge in [-0.3, -0.25) is 14.5 Å². The number of unbranched alkanes of at least 4 members (excludes halogenated alkanes) is 1. The SMILES string of the molecule is CCCCN(CC)CC(=O)NC(C(=O)NC)c1ccccc1. The molecule has 22 heavy (non-hydrogen) atoms. The van der Waals surface area contributed by atoms with Gasteiger partial charge in [0.25, 0.3) is 0 Å². The van der Waals surface area contributed by atoms with Gasteiger partial charge in [-0.1, -0.05) is 50.6 Å². The Balaban J connectivity index is 2.69. The van der Waals surface area contributed by atoms with Crippen molar-refractivity contribution < 1.29 is 9.59 Å². The summed E-state index contributed by atoms with van der Waals surface area (Å²) in [7, 11) is 1.57. The maximum atomic E-state index is 12.2. The molecule has 1 aromatic carbocycles. The molecule has 5 heteroatoms. The Morgan fingerprint density at radius 2 is 1.86 bits per heavy atom. The van der Waals surface area contributed by atoms with Gasteiger partial charge in [0.15, 0.2) is 0 Å². The van der Waals surface area contributed by atoms with Crippen molar-refractivity contribution in [2.24, 2.45) is 0 Å². The molecule has 1 rings (SSSR count). The quantitative estimate of drug-likeness (QED) is 0.730. The van der Waals surface area contributed by atoms with E-state index in [9.17, 15) is 9.59 Å². The maximum absolute atomic E-state index is 12.2. The lowest BCUT2D eigenvalue weighted by Gasteiger charge is -2.22. The van der Waals surface area contributed by atoms with Gasteiger partial charge in [0, 0.05) is 7.05 Å². The molecule has 0 heterocycles. The molecule has 0 fully saturated rings. The second-order valence-electron chi connectivity index (χ2n) is 5.25. The number of hydrogen-bond donors (Lipinski definition) is 2. The molecule has 0 bridgehead atoms. The van der Waals surface area contributed by atoms with E-state index in [1.54, 1.807) is 7.05 Å². The molecule has 0 aliphatic carbocycles. The number of hydrogen-bond acceptors (Lipinski definition) is 3. The molecule has 1 aromatic rings. The third-order valence-electron chi connectivity index (χ3n) is 3.59. The molecule has 122 valence electrons. The van der Waals surface area contributed by atoms with Gasteiger partial charge < -0.3 is 10.6 Å². The first-order valence-electron chi connectivity index (χ1n) is 7.90. The Morgan fingerprint density at radius 3 is 2.41 bits per heavy atom. The second-order valence-corrected chi connectivity index (χ2v) is 5.25. The van der Waals surface area contributed by atoms with Crippen molar-refractivity contribution in [1.29, 1.82) is 0 Å². The number of rotatable bonds is 9. The van der Waals surface area contributed by atoms with E-state index in [-0.39, 0.29) is 11.8 Å². The average Bonchev–Trinajstić information content (AvgIpc) is 2.56. The summed E-state index contributed by atoms with van der Waals surface area (Å²) in [6.07, 6.45) is 2.17. The summed E-state index contributed by atoms with van der Waals surface area (Å²) in [6, 6.07) is 8.64. The highest BCUT2D eigenvalue weighted by molar-refractivity contribution is 5.89. The van der Waals surface area contributed by atoms with E-state index < -0.39 is 6.04 Å². The minimum Gasteiger partial charge on any atom is -0.357 e. The van der Waals surface area contributed by atoms with Crippen LogP contribution in [0.2, 0.25) is 0 Å². The highest BCUT2D eigenvalue weighted by Crippen LogP contribution is 2.12.